The fourth-order valence-corrected chi connectivity index (χ4v) is 2.76. The summed E-state index contributed by atoms with van der Waals surface area (Å²) < 4.78 is 6.18. The van der Waals surface area contributed by atoms with Crippen molar-refractivity contribution in [3.8, 4) is 5.75 Å². The SMILES string of the molecule is COc1ccccc1CNC(=O)Cn1nc(C(N)=O)c2ccccc2c1=O. The van der Waals surface area contributed by atoms with Crippen LogP contribution in [0.3, 0.4) is 0 Å². The van der Waals surface area contributed by atoms with Crippen LogP contribution in [0.25, 0.3) is 10.8 Å². The summed E-state index contributed by atoms with van der Waals surface area (Å²) in [5, 5.41) is 7.32. The van der Waals surface area contributed by atoms with Crippen molar-refractivity contribution in [2.75, 3.05) is 7.11 Å². The fourth-order valence-electron chi connectivity index (χ4n) is 2.76. The van der Waals surface area contributed by atoms with Gasteiger partial charge in [0.1, 0.15) is 12.3 Å². The molecule has 2 aromatic carbocycles. The third-order valence-electron chi connectivity index (χ3n) is 4.06. The summed E-state index contributed by atoms with van der Waals surface area (Å²) in [6.07, 6.45) is 0. The van der Waals surface area contributed by atoms with Crippen LogP contribution in [0.1, 0.15) is 16.1 Å². The Balaban J connectivity index is 1.84. The molecule has 3 rings (SSSR count). The average molecular weight is 366 g/mol. The summed E-state index contributed by atoms with van der Waals surface area (Å²) in [5.74, 6) is -0.551. The molecule has 0 atom stereocenters. The number of nitrogens with one attached hydrogen (secondary N) is 1. The smallest absolute Gasteiger partial charge is 0.275 e. The van der Waals surface area contributed by atoms with Gasteiger partial charge in [0.2, 0.25) is 5.91 Å². The number of nitrogens with two attached hydrogens (primary N) is 1. The molecule has 1 heterocycles. The van der Waals surface area contributed by atoms with E-state index in [0.29, 0.717) is 11.1 Å². The molecular weight excluding hydrogens is 348 g/mol. The molecule has 0 saturated heterocycles. The lowest BCUT2D eigenvalue weighted by Gasteiger charge is -2.11. The van der Waals surface area contributed by atoms with E-state index in [2.05, 4.69) is 10.4 Å². The number of rotatable bonds is 6. The van der Waals surface area contributed by atoms with Crippen LogP contribution in [0.5, 0.6) is 5.75 Å². The predicted octanol–water partition coefficient (Wildman–Crippen LogP) is 0.820. The first-order valence-corrected chi connectivity index (χ1v) is 8.19. The molecule has 0 fully saturated rings. The van der Waals surface area contributed by atoms with Gasteiger partial charge in [-0.3, -0.25) is 14.4 Å². The number of amides is 2. The Morgan fingerprint density at radius 2 is 1.78 bits per heavy atom. The second-order valence-corrected chi connectivity index (χ2v) is 5.81. The average Bonchev–Trinajstić information content (AvgIpc) is 2.68. The molecule has 0 radical (unpaired) electrons. The van der Waals surface area contributed by atoms with E-state index in [0.717, 1.165) is 10.2 Å². The van der Waals surface area contributed by atoms with Crippen LogP contribution in [0.15, 0.2) is 53.3 Å². The van der Waals surface area contributed by atoms with Gasteiger partial charge in [-0.25, -0.2) is 4.68 Å². The lowest BCUT2D eigenvalue weighted by molar-refractivity contribution is -0.122. The van der Waals surface area contributed by atoms with Gasteiger partial charge in [0.15, 0.2) is 5.69 Å². The van der Waals surface area contributed by atoms with E-state index < -0.39 is 17.4 Å². The van der Waals surface area contributed by atoms with E-state index in [4.69, 9.17) is 10.5 Å². The Bertz CT molecular complexity index is 1070. The molecule has 0 spiro atoms. The number of hydrogen-bond donors (Lipinski definition) is 2. The number of benzene rings is 2. The molecule has 3 N–H and O–H groups in total. The van der Waals surface area contributed by atoms with Crippen LogP contribution in [0.4, 0.5) is 0 Å². The van der Waals surface area contributed by atoms with Crippen LogP contribution in [-0.4, -0.2) is 28.7 Å². The molecular formula is C19H18N4O4. The maximum atomic E-state index is 12.6. The van der Waals surface area contributed by atoms with Crippen molar-refractivity contribution in [1.29, 1.82) is 0 Å². The molecule has 8 heteroatoms. The number of hydrogen-bond acceptors (Lipinski definition) is 5. The van der Waals surface area contributed by atoms with E-state index in [-0.39, 0.29) is 24.2 Å². The number of para-hydroxylation sites is 1. The first kappa shape index (κ1) is 18.1. The highest BCUT2D eigenvalue weighted by molar-refractivity contribution is 6.04. The summed E-state index contributed by atoms with van der Waals surface area (Å²) in [7, 11) is 1.55. The van der Waals surface area contributed by atoms with Crippen molar-refractivity contribution in [2.45, 2.75) is 13.1 Å². The lowest BCUT2D eigenvalue weighted by atomic mass is 10.1. The van der Waals surface area contributed by atoms with Crippen molar-refractivity contribution in [2.24, 2.45) is 5.73 Å². The first-order chi connectivity index (χ1) is 13.0. The maximum Gasteiger partial charge on any atom is 0.275 e. The lowest BCUT2D eigenvalue weighted by Crippen LogP contribution is -2.35. The van der Waals surface area contributed by atoms with E-state index in [1.54, 1.807) is 37.4 Å². The third-order valence-corrected chi connectivity index (χ3v) is 4.06. The molecule has 27 heavy (non-hydrogen) atoms. The van der Waals surface area contributed by atoms with E-state index >= 15 is 0 Å². The number of fused-ring (bicyclic) bond motifs is 1. The van der Waals surface area contributed by atoms with Gasteiger partial charge >= 0.3 is 0 Å². The molecule has 138 valence electrons. The molecule has 1 aromatic heterocycles. The minimum absolute atomic E-state index is 0.0530. The number of aromatic nitrogens is 2. The van der Waals surface area contributed by atoms with Crippen molar-refractivity contribution < 1.29 is 14.3 Å². The van der Waals surface area contributed by atoms with Gasteiger partial charge in [-0.05, 0) is 12.1 Å². The van der Waals surface area contributed by atoms with Gasteiger partial charge in [-0.2, -0.15) is 5.10 Å². The number of carbonyl (C=O) groups excluding carboxylic acids is 2. The Morgan fingerprint density at radius 1 is 1.11 bits per heavy atom. The van der Waals surface area contributed by atoms with Gasteiger partial charge in [-0.15, -0.1) is 0 Å². The second kappa shape index (κ2) is 7.69. The second-order valence-electron chi connectivity index (χ2n) is 5.81. The zero-order valence-electron chi connectivity index (χ0n) is 14.6. The van der Waals surface area contributed by atoms with Gasteiger partial charge in [-0.1, -0.05) is 36.4 Å². The standard InChI is InChI=1S/C19H18N4O4/c1-27-15-9-5-2-6-12(15)10-21-16(24)11-23-19(26)14-8-4-3-7-13(14)17(22-23)18(20)25/h2-9H,10-11H2,1H3,(H2,20,25)(H,21,24). The highest BCUT2D eigenvalue weighted by Gasteiger charge is 2.16. The van der Waals surface area contributed by atoms with Crippen molar-refractivity contribution >= 4 is 22.6 Å². The molecule has 0 bridgehead atoms. The Morgan fingerprint density at radius 3 is 2.48 bits per heavy atom. The molecule has 0 aliphatic heterocycles. The van der Waals surface area contributed by atoms with Crippen molar-refractivity contribution in [3.63, 3.8) is 0 Å². The predicted molar refractivity (Wildman–Crippen MR) is 99.4 cm³/mol. The highest BCUT2D eigenvalue weighted by Crippen LogP contribution is 2.16. The van der Waals surface area contributed by atoms with Crippen LogP contribution in [0.2, 0.25) is 0 Å². The Kier molecular flexibility index (Phi) is 5.16. The number of methoxy groups -OCH3 is 1. The van der Waals surface area contributed by atoms with Crippen LogP contribution in [0, 0.1) is 0 Å². The molecule has 2 amide bonds. The van der Waals surface area contributed by atoms with Gasteiger partial charge < -0.3 is 15.8 Å². The maximum absolute atomic E-state index is 12.6. The molecule has 0 aliphatic rings. The minimum Gasteiger partial charge on any atom is -0.496 e. The van der Waals surface area contributed by atoms with Gasteiger partial charge in [0, 0.05) is 17.5 Å². The summed E-state index contributed by atoms with van der Waals surface area (Å²) in [5.41, 5.74) is 5.64. The molecule has 3 aromatic rings. The fraction of sp³-hybridized carbons (Fsp3) is 0.158. The molecule has 0 aliphatic carbocycles. The normalized spacial score (nSPS) is 10.6. The minimum atomic E-state index is -0.769. The van der Waals surface area contributed by atoms with E-state index in [1.807, 2.05) is 18.2 Å². The van der Waals surface area contributed by atoms with Gasteiger partial charge in [0.25, 0.3) is 11.5 Å². The number of primary amides is 1. The first-order valence-electron chi connectivity index (χ1n) is 8.19. The topological polar surface area (TPSA) is 116 Å². The molecule has 8 nitrogen and oxygen atoms in total. The van der Waals surface area contributed by atoms with Crippen molar-refractivity contribution in [3.05, 3.63) is 70.1 Å². The van der Waals surface area contributed by atoms with Crippen LogP contribution < -0.4 is 21.3 Å². The summed E-state index contributed by atoms with van der Waals surface area (Å²) in [6, 6.07) is 13.8. The highest BCUT2D eigenvalue weighted by atomic mass is 16.5. The number of nitrogens with zero attached hydrogens (tertiary/aromatic N) is 2. The van der Waals surface area contributed by atoms with Crippen molar-refractivity contribution in [1.82, 2.24) is 15.1 Å². The largest absolute Gasteiger partial charge is 0.496 e. The molecule has 0 unspecified atom stereocenters. The van der Waals surface area contributed by atoms with Crippen LogP contribution in [-0.2, 0) is 17.9 Å². The Hall–Kier alpha value is -3.68. The monoisotopic (exact) mass is 366 g/mol. The zero-order valence-corrected chi connectivity index (χ0v) is 14.6. The van der Waals surface area contributed by atoms with E-state index in [1.165, 1.54) is 0 Å². The summed E-state index contributed by atoms with van der Waals surface area (Å²) in [6.45, 7) is -0.104. The summed E-state index contributed by atoms with van der Waals surface area (Å²) >= 11 is 0. The quantitative estimate of drug-likeness (QED) is 0.670. The van der Waals surface area contributed by atoms with Gasteiger partial charge in [0.05, 0.1) is 12.5 Å². The zero-order chi connectivity index (χ0) is 19.4. The number of ether oxygens (including phenoxy) is 1. The Labute approximate surface area is 154 Å². The summed E-state index contributed by atoms with van der Waals surface area (Å²) in [4.78, 5) is 36.5. The number of carbonyl (C=O) groups is 2. The van der Waals surface area contributed by atoms with Crippen LogP contribution >= 0.6 is 0 Å². The molecule has 0 saturated carbocycles. The van der Waals surface area contributed by atoms with E-state index in [9.17, 15) is 14.4 Å². The third kappa shape index (κ3) is 3.79.